The molecule has 2 N–H and O–H groups in total. The second kappa shape index (κ2) is 6.78. The van der Waals surface area contributed by atoms with Crippen molar-refractivity contribution in [2.24, 2.45) is 0 Å². The Hall–Kier alpha value is -1.79. The molecule has 2 aromatic rings. The van der Waals surface area contributed by atoms with Crippen LogP contribution in [0.1, 0.15) is 17.4 Å². The zero-order chi connectivity index (χ0) is 15.3. The normalized spacial score (nSPS) is 13.7. The van der Waals surface area contributed by atoms with Gasteiger partial charge in [0.05, 0.1) is 11.3 Å². The van der Waals surface area contributed by atoms with Crippen LogP contribution in [0.2, 0.25) is 0 Å². The van der Waals surface area contributed by atoms with Gasteiger partial charge in [0.15, 0.2) is 5.69 Å². The molecule has 0 aliphatic rings. The number of benzene rings is 1. The monoisotopic (exact) mass is 305 g/mol. The van der Waals surface area contributed by atoms with Gasteiger partial charge in [0.25, 0.3) is 5.91 Å². The molecule has 1 unspecified atom stereocenters. The average molecular weight is 305 g/mol. The molecular formula is C15H19N3O2S. The van der Waals surface area contributed by atoms with Crippen molar-refractivity contribution < 1.29 is 9.90 Å². The van der Waals surface area contributed by atoms with Gasteiger partial charge in [0.2, 0.25) is 0 Å². The Morgan fingerprint density at radius 2 is 2.10 bits per heavy atom. The van der Waals surface area contributed by atoms with Crippen LogP contribution in [0.3, 0.4) is 0 Å². The largest absolute Gasteiger partial charge is 0.387 e. The van der Waals surface area contributed by atoms with Gasteiger partial charge in [-0.25, -0.2) is 4.68 Å². The number of nitrogens with zero attached hydrogens (tertiary/aromatic N) is 2. The molecule has 21 heavy (non-hydrogen) atoms. The van der Waals surface area contributed by atoms with E-state index in [-0.39, 0.29) is 12.5 Å². The Morgan fingerprint density at radius 1 is 1.38 bits per heavy atom. The number of hydrogen-bond donors (Lipinski definition) is 2. The molecule has 0 aliphatic heterocycles. The fraction of sp³-hybridized carbons (Fsp3) is 0.333. The summed E-state index contributed by atoms with van der Waals surface area (Å²) in [6, 6.07) is 11.2. The second-order valence-corrected chi connectivity index (χ2v) is 5.96. The minimum absolute atomic E-state index is 0.199. The molecule has 1 amide bonds. The number of carbonyl (C=O) groups excluding carboxylic acids is 1. The summed E-state index contributed by atoms with van der Waals surface area (Å²) in [6.07, 6.45) is 3.65. The topological polar surface area (TPSA) is 67.2 Å². The number of hydrogen-bond acceptors (Lipinski definition) is 4. The van der Waals surface area contributed by atoms with E-state index in [1.165, 1.54) is 11.8 Å². The minimum Gasteiger partial charge on any atom is -0.387 e. The summed E-state index contributed by atoms with van der Waals surface area (Å²) in [5.41, 5.74) is 0.307. The molecule has 2 rings (SSSR count). The first-order valence-electron chi connectivity index (χ1n) is 6.62. The van der Waals surface area contributed by atoms with Crippen LogP contribution in [0.5, 0.6) is 0 Å². The zero-order valence-electron chi connectivity index (χ0n) is 12.1. The minimum atomic E-state index is -0.920. The molecule has 0 bridgehead atoms. The molecule has 0 saturated heterocycles. The van der Waals surface area contributed by atoms with E-state index in [4.69, 9.17) is 0 Å². The van der Waals surface area contributed by atoms with Crippen molar-refractivity contribution in [2.45, 2.75) is 12.5 Å². The van der Waals surface area contributed by atoms with Gasteiger partial charge in [-0.3, -0.25) is 4.79 Å². The molecule has 1 heterocycles. The maximum atomic E-state index is 12.0. The fourth-order valence-electron chi connectivity index (χ4n) is 1.89. The number of carbonyl (C=O) groups is 1. The molecule has 1 aromatic carbocycles. The van der Waals surface area contributed by atoms with Gasteiger partial charge < -0.3 is 10.4 Å². The van der Waals surface area contributed by atoms with Gasteiger partial charge in [0.1, 0.15) is 0 Å². The average Bonchev–Trinajstić information content (AvgIpc) is 2.96. The van der Waals surface area contributed by atoms with Crippen LogP contribution in [0, 0.1) is 0 Å². The first-order valence-corrected chi connectivity index (χ1v) is 8.02. The Labute approximate surface area is 128 Å². The Kier molecular flexibility index (Phi) is 5.03. The molecule has 0 radical (unpaired) electrons. The third-order valence-electron chi connectivity index (χ3n) is 2.93. The molecule has 5 nitrogen and oxygen atoms in total. The standard InChI is InChI=1S/C15H19N3O2S/c1-15(20,11-21-2)10-16-14(19)13-8-9-18(17-13)12-6-4-3-5-7-12/h3-9,20H,10-11H2,1-2H3,(H,16,19). The summed E-state index contributed by atoms with van der Waals surface area (Å²) in [5.74, 6) is 0.275. The highest BCUT2D eigenvalue weighted by Gasteiger charge is 2.21. The second-order valence-electron chi connectivity index (χ2n) is 5.09. The molecule has 0 aliphatic carbocycles. The van der Waals surface area contributed by atoms with Gasteiger partial charge in [-0.1, -0.05) is 18.2 Å². The maximum absolute atomic E-state index is 12.0. The summed E-state index contributed by atoms with van der Waals surface area (Å²) in [4.78, 5) is 12.0. The summed E-state index contributed by atoms with van der Waals surface area (Å²) < 4.78 is 1.65. The highest BCUT2D eigenvalue weighted by Crippen LogP contribution is 2.10. The molecule has 0 saturated carbocycles. The third-order valence-corrected chi connectivity index (χ3v) is 3.84. The number of aliphatic hydroxyl groups is 1. The fourth-order valence-corrected chi connectivity index (χ4v) is 2.62. The van der Waals surface area contributed by atoms with Crippen LogP contribution in [-0.4, -0.2) is 44.9 Å². The van der Waals surface area contributed by atoms with Crippen molar-refractivity contribution in [3.63, 3.8) is 0 Å². The number of thioether (sulfide) groups is 1. The molecular weight excluding hydrogens is 286 g/mol. The third kappa shape index (κ3) is 4.34. The van der Waals surface area contributed by atoms with Crippen LogP contribution in [0.25, 0.3) is 5.69 Å². The Bertz CT molecular complexity index is 596. The van der Waals surface area contributed by atoms with E-state index < -0.39 is 5.60 Å². The van der Waals surface area contributed by atoms with Crippen molar-refractivity contribution in [1.29, 1.82) is 0 Å². The van der Waals surface area contributed by atoms with Crippen molar-refractivity contribution in [3.8, 4) is 5.69 Å². The number of rotatable bonds is 6. The van der Waals surface area contributed by atoms with Gasteiger partial charge >= 0.3 is 0 Å². The van der Waals surface area contributed by atoms with Crippen LogP contribution in [0.15, 0.2) is 42.6 Å². The van der Waals surface area contributed by atoms with Crippen LogP contribution in [0.4, 0.5) is 0 Å². The van der Waals surface area contributed by atoms with E-state index in [2.05, 4.69) is 10.4 Å². The van der Waals surface area contributed by atoms with Crippen molar-refractivity contribution >= 4 is 17.7 Å². The van der Waals surface area contributed by atoms with Crippen LogP contribution < -0.4 is 5.32 Å². The lowest BCUT2D eigenvalue weighted by molar-refractivity contribution is 0.0722. The molecule has 0 fully saturated rings. The number of aromatic nitrogens is 2. The number of nitrogens with one attached hydrogen (secondary N) is 1. The first-order chi connectivity index (χ1) is 10.0. The van der Waals surface area contributed by atoms with E-state index in [0.717, 1.165) is 5.69 Å². The highest BCUT2D eigenvalue weighted by molar-refractivity contribution is 7.98. The van der Waals surface area contributed by atoms with Crippen molar-refractivity contribution in [3.05, 3.63) is 48.3 Å². The van der Waals surface area contributed by atoms with E-state index in [1.807, 2.05) is 36.6 Å². The smallest absolute Gasteiger partial charge is 0.271 e. The summed E-state index contributed by atoms with van der Waals surface area (Å²) in [5, 5.41) is 17.0. The van der Waals surface area contributed by atoms with Gasteiger partial charge in [-0.2, -0.15) is 16.9 Å². The van der Waals surface area contributed by atoms with Gasteiger partial charge in [-0.05, 0) is 31.4 Å². The first kappa shape index (κ1) is 15.6. The van der Waals surface area contributed by atoms with Crippen LogP contribution >= 0.6 is 11.8 Å². The summed E-state index contributed by atoms with van der Waals surface area (Å²) in [7, 11) is 0. The Balaban J connectivity index is 2.00. The molecule has 1 aromatic heterocycles. The van der Waals surface area contributed by atoms with E-state index in [0.29, 0.717) is 11.4 Å². The lowest BCUT2D eigenvalue weighted by Gasteiger charge is -2.22. The zero-order valence-corrected chi connectivity index (χ0v) is 12.9. The van der Waals surface area contributed by atoms with Crippen molar-refractivity contribution in [1.82, 2.24) is 15.1 Å². The van der Waals surface area contributed by atoms with E-state index >= 15 is 0 Å². The Morgan fingerprint density at radius 3 is 2.76 bits per heavy atom. The predicted octanol–water partition coefficient (Wildman–Crippen LogP) is 1.72. The summed E-state index contributed by atoms with van der Waals surface area (Å²) in [6.45, 7) is 1.90. The predicted molar refractivity (Wildman–Crippen MR) is 84.9 cm³/mol. The van der Waals surface area contributed by atoms with Gasteiger partial charge in [0, 0.05) is 18.5 Å². The SMILES string of the molecule is CSCC(C)(O)CNC(=O)c1ccn(-c2ccccc2)n1. The molecule has 0 spiro atoms. The quantitative estimate of drug-likeness (QED) is 0.853. The number of amides is 1. The van der Waals surface area contributed by atoms with Crippen molar-refractivity contribution in [2.75, 3.05) is 18.6 Å². The van der Waals surface area contributed by atoms with Gasteiger partial charge in [-0.15, -0.1) is 0 Å². The molecule has 112 valence electrons. The van der Waals surface area contributed by atoms with Crippen LogP contribution in [-0.2, 0) is 0 Å². The molecule has 6 heteroatoms. The lowest BCUT2D eigenvalue weighted by atomic mass is 10.1. The highest BCUT2D eigenvalue weighted by atomic mass is 32.2. The van der Waals surface area contributed by atoms with E-state index in [9.17, 15) is 9.90 Å². The lowest BCUT2D eigenvalue weighted by Crippen LogP contribution is -2.42. The number of para-hydroxylation sites is 1. The molecule has 1 atom stereocenters. The van der Waals surface area contributed by atoms with E-state index in [1.54, 1.807) is 23.9 Å². The summed E-state index contributed by atoms with van der Waals surface area (Å²) >= 11 is 1.54. The maximum Gasteiger partial charge on any atom is 0.271 e.